The highest BCUT2D eigenvalue weighted by molar-refractivity contribution is 5.84. The van der Waals surface area contributed by atoms with E-state index in [4.69, 9.17) is 10.2 Å². The highest BCUT2D eigenvalue weighted by atomic mass is 16.5. The van der Waals surface area contributed by atoms with Crippen LogP contribution >= 0.6 is 0 Å². The molecule has 1 aromatic rings. The fourth-order valence-electron chi connectivity index (χ4n) is 1.01. The maximum atomic E-state index is 11.0. The van der Waals surface area contributed by atoms with Crippen molar-refractivity contribution >= 4 is 5.97 Å². The Morgan fingerprint density at radius 2 is 2.00 bits per heavy atom. The summed E-state index contributed by atoms with van der Waals surface area (Å²) < 4.78 is 4.39. The molecular weight excluding hydrogens is 216 g/mol. The minimum atomic E-state index is -1.31. The van der Waals surface area contributed by atoms with E-state index in [1.165, 1.54) is 19.5 Å². The molecule has 0 aliphatic heterocycles. The van der Waals surface area contributed by atoms with Gasteiger partial charge in [-0.1, -0.05) is 0 Å². The lowest BCUT2D eigenvalue weighted by Gasteiger charge is -2.14. The zero-order chi connectivity index (χ0) is 12.1. The molecule has 16 heavy (non-hydrogen) atoms. The standard InChI is InChI=1S/C9H12N2O5/c1-16-9(15)8-10-2-5(3-11-8)7(14)6(13)4-12/h2-3,6-7,12-14H,4H2,1H3. The molecular formula is C9H12N2O5. The summed E-state index contributed by atoms with van der Waals surface area (Å²) in [7, 11) is 1.20. The van der Waals surface area contributed by atoms with Gasteiger partial charge in [-0.25, -0.2) is 14.8 Å². The second-order valence-electron chi connectivity index (χ2n) is 3.03. The Kier molecular flexibility index (Phi) is 4.29. The van der Waals surface area contributed by atoms with E-state index in [1.54, 1.807) is 0 Å². The Balaban J connectivity index is 2.82. The number of carbonyl (C=O) groups excluding carboxylic acids is 1. The van der Waals surface area contributed by atoms with E-state index in [9.17, 15) is 9.90 Å². The summed E-state index contributed by atoms with van der Waals surface area (Å²) in [6.45, 7) is -0.583. The minimum Gasteiger partial charge on any atom is -0.463 e. The van der Waals surface area contributed by atoms with Gasteiger partial charge in [-0.2, -0.15) is 0 Å². The van der Waals surface area contributed by atoms with Crippen LogP contribution in [0.1, 0.15) is 22.3 Å². The van der Waals surface area contributed by atoms with Crippen molar-refractivity contribution in [1.29, 1.82) is 0 Å². The van der Waals surface area contributed by atoms with Gasteiger partial charge >= 0.3 is 5.97 Å². The van der Waals surface area contributed by atoms with Crippen LogP contribution in [0, 0.1) is 0 Å². The van der Waals surface area contributed by atoms with Crippen molar-refractivity contribution in [2.24, 2.45) is 0 Å². The molecule has 2 atom stereocenters. The third-order valence-corrected chi connectivity index (χ3v) is 1.93. The van der Waals surface area contributed by atoms with Crippen LogP contribution in [0.4, 0.5) is 0 Å². The largest absolute Gasteiger partial charge is 0.463 e. The van der Waals surface area contributed by atoms with Crippen molar-refractivity contribution in [1.82, 2.24) is 9.97 Å². The lowest BCUT2D eigenvalue weighted by atomic mass is 10.1. The molecule has 88 valence electrons. The van der Waals surface area contributed by atoms with Gasteiger partial charge in [-0.3, -0.25) is 0 Å². The molecule has 0 bridgehead atoms. The fourth-order valence-corrected chi connectivity index (χ4v) is 1.01. The minimum absolute atomic E-state index is 0.142. The van der Waals surface area contributed by atoms with E-state index < -0.39 is 24.8 Å². The van der Waals surface area contributed by atoms with Crippen LogP contribution in [0.3, 0.4) is 0 Å². The van der Waals surface area contributed by atoms with Crippen molar-refractivity contribution in [2.45, 2.75) is 12.2 Å². The van der Waals surface area contributed by atoms with Crippen LogP contribution in [0.2, 0.25) is 0 Å². The first-order chi connectivity index (χ1) is 7.60. The fraction of sp³-hybridized carbons (Fsp3) is 0.444. The van der Waals surface area contributed by atoms with Gasteiger partial charge < -0.3 is 20.1 Å². The summed E-state index contributed by atoms with van der Waals surface area (Å²) in [4.78, 5) is 18.3. The molecule has 1 rings (SSSR count). The van der Waals surface area contributed by atoms with Crippen molar-refractivity contribution in [2.75, 3.05) is 13.7 Å². The molecule has 1 heterocycles. The van der Waals surface area contributed by atoms with Gasteiger partial charge in [0.05, 0.1) is 13.7 Å². The van der Waals surface area contributed by atoms with Crippen LogP contribution in [0.25, 0.3) is 0 Å². The number of aliphatic hydroxyl groups is 3. The van der Waals surface area contributed by atoms with E-state index in [2.05, 4.69) is 14.7 Å². The van der Waals surface area contributed by atoms with Crippen LogP contribution in [-0.2, 0) is 4.74 Å². The molecule has 0 aliphatic rings. The predicted octanol–water partition coefficient (Wildman–Crippen LogP) is -1.35. The number of ether oxygens (including phenoxy) is 1. The van der Waals surface area contributed by atoms with Crippen LogP contribution in [0.15, 0.2) is 12.4 Å². The molecule has 7 heteroatoms. The second-order valence-corrected chi connectivity index (χ2v) is 3.03. The summed E-state index contributed by atoms with van der Waals surface area (Å²) in [6, 6.07) is 0. The molecule has 0 fully saturated rings. The van der Waals surface area contributed by atoms with Gasteiger partial charge in [0.2, 0.25) is 5.82 Å². The number of esters is 1. The third-order valence-electron chi connectivity index (χ3n) is 1.93. The van der Waals surface area contributed by atoms with E-state index in [-0.39, 0.29) is 11.4 Å². The molecule has 3 N–H and O–H groups in total. The Morgan fingerprint density at radius 1 is 1.44 bits per heavy atom. The number of hydrogen-bond acceptors (Lipinski definition) is 7. The summed E-state index contributed by atoms with van der Waals surface area (Å²) >= 11 is 0. The van der Waals surface area contributed by atoms with Crippen LogP contribution in [0.5, 0.6) is 0 Å². The van der Waals surface area contributed by atoms with Gasteiger partial charge in [-0.15, -0.1) is 0 Å². The van der Waals surface area contributed by atoms with E-state index in [0.29, 0.717) is 0 Å². The van der Waals surface area contributed by atoms with Crippen molar-refractivity contribution in [3.63, 3.8) is 0 Å². The van der Waals surface area contributed by atoms with E-state index >= 15 is 0 Å². The first kappa shape index (κ1) is 12.5. The van der Waals surface area contributed by atoms with E-state index in [0.717, 1.165) is 0 Å². The molecule has 1 aromatic heterocycles. The number of hydrogen-bond donors (Lipinski definition) is 3. The monoisotopic (exact) mass is 228 g/mol. The molecule has 0 saturated heterocycles. The summed E-state index contributed by atoms with van der Waals surface area (Å²) in [5.41, 5.74) is 0.203. The normalized spacial score (nSPS) is 14.2. The Bertz CT molecular complexity index is 353. The number of aromatic nitrogens is 2. The molecule has 0 amide bonds. The molecule has 0 aliphatic carbocycles. The Hall–Kier alpha value is -1.57. The highest BCUT2D eigenvalue weighted by Gasteiger charge is 2.19. The quantitative estimate of drug-likeness (QED) is 0.546. The van der Waals surface area contributed by atoms with Gasteiger partial charge in [0.15, 0.2) is 0 Å². The maximum absolute atomic E-state index is 11.0. The van der Waals surface area contributed by atoms with Crippen LogP contribution < -0.4 is 0 Å². The smallest absolute Gasteiger partial charge is 0.376 e. The first-order valence-electron chi connectivity index (χ1n) is 4.47. The molecule has 0 spiro atoms. The van der Waals surface area contributed by atoms with Gasteiger partial charge in [0.1, 0.15) is 12.2 Å². The average molecular weight is 228 g/mol. The molecule has 2 unspecified atom stereocenters. The van der Waals surface area contributed by atoms with Crippen LogP contribution in [-0.4, -0.2) is 51.1 Å². The SMILES string of the molecule is COC(=O)c1ncc(C(O)C(O)CO)cn1. The third kappa shape index (κ3) is 2.72. The van der Waals surface area contributed by atoms with Crippen molar-refractivity contribution in [3.8, 4) is 0 Å². The van der Waals surface area contributed by atoms with Gasteiger partial charge in [0.25, 0.3) is 0 Å². The number of aliphatic hydroxyl groups excluding tert-OH is 3. The van der Waals surface area contributed by atoms with Gasteiger partial charge in [0, 0.05) is 18.0 Å². The Morgan fingerprint density at radius 3 is 2.44 bits per heavy atom. The summed E-state index contributed by atoms with van der Waals surface area (Å²) in [5.74, 6) is -0.833. The Labute approximate surface area is 91.4 Å². The summed E-state index contributed by atoms with van der Waals surface area (Å²) in [6.07, 6.45) is -0.240. The number of carbonyl (C=O) groups is 1. The predicted molar refractivity (Wildman–Crippen MR) is 51.4 cm³/mol. The topological polar surface area (TPSA) is 113 Å². The lowest BCUT2D eigenvalue weighted by molar-refractivity contribution is -0.0156. The van der Waals surface area contributed by atoms with E-state index in [1.807, 2.05) is 0 Å². The molecule has 0 saturated carbocycles. The van der Waals surface area contributed by atoms with Gasteiger partial charge in [-0.05, 0) is 0 Å². The number of methoxy groups -OCH3 is 1. The average Bonchev–Trinajstić information content (AvgIpc) is 2.36. The zero-order valence-corrected chi connectivity index (χ0v) is 8.57. The molecule has 0 radical (unpaired) electrons. The molecule has 0 aromatic carbocycles. The molecule has 7 nitrogen and oxygen atoms in total. The second kappa shape index (κ2) is 5.50. The number of nitrogens with zero attached hydrogens (tertiary/aromatic N) is 2. The lowest BCUT2D eigenvalue weighted by Crippen LogP contribution is -2.22. The maximum Gasteiger partial charge on any atom is 0.376 e. The summed E-state index contributed by atoms with van der Waals surface area (Å²) in [5, 5.41) is 27.2. The first-order valence-corrected chi connectivity index (χ1v) is 4.47. The highest BCUT2D eigenvalue weighted by Crippen LogP contribution is 2.14. The van der Waals surface area contributed by atoms with Crippen molar-refractivity contribution in [3.05, 3.63) is 23.8 Å². The zero-order valence-electron chi connectivity index (χ0n) is 8.57. The number of rotatable bonds is 4. The van der Waals surface area contributed by atoms with Crippen molar-refractivity contribution < 1.29 is 24.9 Å².